The summed E-state index contributed by atoms with van der Waals surface area (Å²) in [5.41, 5.74) is 1.94. The van der Waals surface area contributed by atoms with Crippen molar-refractivity contribution in [3.63, 3.8) is 0 Å². The highest BCUT2D eigenvalue weighted by molar-refractivity contribution is 7.99. The number of aliphatic hydroxyl groups excluding tert-OH is 1. The molecule has 3 heterocycles. The average molecular weight is 344 g/mol. The van der Waals surface area contributed by atoms with Crippen molar-refractivity contribution in [1.82, 2.24) is 19.9 Å². The maximum atomic E-state index is 10.5. The van der Waals surface area contributed by atoms with E-state index in [1.807, 2.05) is 30.6 Å². The average Bonchev–Trinajstić information content (AvgIpc) is 2.64. The Labute approximate surface area is 147 Å². The molecule has 0 bridgehead atoms. The number of rotatable bonds is 6. The van der Waals surface area contributed by atoms with E-state index in [2.05, 4.69) is 26.8 Å². The van der Waals surface area contributed by atoms with Gasteiger partial charge in [0.05, 0.1) is 11.8 Å². The second-order valence-corrected chi connectivity index (χ2v) is 7.35. The lowest BCUT2D eigenvalue weighted by molar-refractivity contribution is 0.0539. The molecule has 0 aromatic carbocycles. The molecule has 2 aromatic heterocycles. The van der Waals surface area contributed by atoms with Crippen LogP contribution in [-0.2, 0) is 6.54 Å². The largest absolute Gasteiger partial charge is 0.387 e. The summed E-state index contributed by atoms with van der Waals surface area (Å²) in [6.07, 6.45) is 7.13. The summed E-state index contributed by atoms with van der Waals surface area (Å²) in [5, 5.41) is 11.3. The normalized spacial score (nSPS) is 17.8. The van der Waals surface area contributed by atoms with Gasteiger partial charge in [-0.15, -0.1) is 0 Å². The lowest BCUT2D eigenvalue weighted by Gasteiger charge is -2.33. The maximum Gasteiger partial charge on any atom is 0.187 e. The first-order valence-corrected chi connectivity index (χ1v) is 9.50. The van der Waals surface area contributed by atoms with E-state index in [-0.39, 0.29) is 5.92 Å². The molecule has 1 N–H and O–H groups in total. The summed E-state index contributed by atoms with van der Waals surface area (Å²) < 4.78 is 0. The minimum absolute atomic E-state index is 0.288. The molecule has 1 aliphatic rings. The second-order valence-electron chi connectivity index (χ2n) is 6.12. The molecular weight excluding hydrogens is 320 g/mol. The number of aliphatic hydroxyl groups is 1. The van der Waals surface area contributed by atoms with Crippen molar-refractivity contribution in [2.45, 2.75) is 37.6 Å². The van der Waals surface area contributed by atoms with Gasteiger partial charge in [-0.2, -0.15) is 0 Å². The Kier molecular flexibility index (Phi) is 6.18. The summed E-state index contributed by atoms with van der Waals surface area (Å²) in [6, 6.07) is 5.72. The Bertz CT molecular complexity index is 615. The molecule has 1 aliphatic heterocycles. The van der Waals surface area contributed by atoms with E-state index < -0.39 is 6.10 Å². The lowest BCUT2D eigenvalue weighted by atomic mass is 9.89. The lowest BCUT2D eigenvalue weighted by Crippen LogP contribution is -2.35. The van der Waals surface area contributed by atoms with Crippen molar-refractivity contribution in [2.24, 2.45) is 5.92 Å². The molecule has 0 radical (unpaired) electrons. The number of hydrogen-bond acceptors (Lipinski definition) is 6. The number of likely N-dealkylation sites (tertiary alicyclic amines) is 1. The first kappa shape index (κ1) is 17.3. The highest BCUT2D eigenvalue weighted by atomic mass is 32.2. The molecule has 24 heavy (non-hydrogen) atoms. The molecule has 0 spiro atoms. The molecule has 1 fully saturated rings. The molecule has 1 saturated heterocycles. The molecule has 6 heteroatoms. The first-order chi connectivity index (χ1) is 11.8. The maximum absolute atomic E-state index is 10.5. The van der Waals surface area contributed by atoms with Crippen LogP contribution in [0.5, 0.6) is 0 Å². The zero-order valence-corrected chi connectivity index (χ0v) is 14.8. The van der Waals surface area contributed by atoms with Crippen LogP contribution in [-0.4, -0.2) is 43.8 Å². The number of nitrogens with zero attached hydrogens (tertiary/aromatic N) is 4. The van der Waals surface area contributed by atoms with E-state index in [1.165, 1.54) is 0 Å². The van der Waals surface area contributed by atoms with Gasteiger partial charge < -0.3 is 5.11 Å². The van der Waals surface area contributed by atoms with Crippen LogP contribution in [0.15, 0.2) is 41.9 Å². The van der Waals surface area contributed by atoms with Crippen LogP contribution in [0.2, 0.25) is 0 Å². The zero-order chi connectivity index (χ0) is 16.8. The van der Waals surface area contributed by atoms with E-state index >= 15 is 0 Å². The van der Waals surface area contributed by atoms with Crippen LogP contribution in [0.3, 0.4) is 0 Å². The number of pyridine rings is 1. The van der Waals surface area contributed by atoms with Gasteiger partial charge >= 0.3 is 0 Å². The summed E-state index contributed by atoms with van der Waals surface area (Å²) in [4.78, 5) is 15.5. The van der Waals surface area contributed by atoms with Gasteiger partial charge in [-0.25, -0.2) is 9.97 Å². The van der Waals surface area contributed by atoms with Crippen LogP contribution in [0, 0.1) is 5.92 Å². The molecule has 0 amide bonds. The Balaban J connectivity index is 1.50. The molecular formula is C18H24N4OS. The predicted molar refractivity (Wildman–Crippen MR) is 95.6 cm³/mol. The van der Waals surface area contributed by atoms with Crippen LogP contribution >= 0.6 is 11.8 Å². The number of piperidine rings is 1. The zero-order valence-electron chi connectivity index (χ0n) is 14.0. The summed E-state index contributed by atoms with van der Waals surface area (Å²) in [7, 11) is 0. The van der Waals surface area contributed by atoms with Crippen LogP contribution in [0.4, 0.5) is 0 Å². The van der Waals surface area contributed by atoms with E-state index in [0.717, 1.165) is 54.6 Å². The van der Waals surface area contributed by atoms with Crippen molar-refractivity contribution >= 4 is 11.8 Å². The van der Waals surface area contributed by atoms with Gasteiger partial charge in [-0.3, -0.25) is 9.88 Å². The number of hydrogen-bond donors (Lipinski definition) is 1. The van der Waals surface area contributed by atoms with Gasteiger partial charge in [-0.05, 0) is 49.7 Å². The predicted octanol–water partition coefficient (Wildman–Crippen LogP) is 2.93. The molecule has 128 valence electrons. The molecule has 5 nitrogen and oxygen atoms in total. The number of aromatic nitrogens is 3. The van der Waals surface area contributed by atoms with E-state index in [0.29, 0.717) is 0 Å². The van der Waals surface area contributed by atoms with Crippen molar-refractivity contribution < 1.29 is 5.11 Å². The van der Waals surface area contributed by atoms with Gasteiger partial charge in [0, 0.05) is 30.7 Å². The summed E-state index contributed by atoms with van der Waals surface area (Å²) in [6.45, 7) is 4.95. The third-order valence-corrected chi connectivity index (χ3v) is 5.19. The van der Waals surface area contributed by atoms with Crippen molar-refractivity contribution in [2.75, 3.05) is 18.8 Å². The molecule has 1 atom stereocenters. The van der Waals surface area contributed by atoms with Gasteiger partial charge in [0.1, 0.15) is 0 Å². The minimum atomic E-state index is -0.456. The minimum Gasteiger partial charge on any atom is -0.387 e. The second kappa shape index (κ2) is 8.55. The molecule has 0 saturated carbocycles. The van der Waals surface area contributed by atoms with E-state index in [4.69, 9.17) is 0 Å². The van der Waals surface area contributed by atoms with Crippen molar-refractivity contribution in [1.29, 1.82) is 0 Å². The van der Waals surface area contributed by atoms with Crippen LogP contribution < -0.4 is 0 Å². The summed E-state index contributed by atoms with van der Waals surface area (Å²) in [5.74, 6) is 1.28. The molecule has 0 aliphatic carbocycles. The van der Waals surface area contributed by atoms with Gasteiger partial charge in [-0.1, -0.05) is 24.8 Å². The Morgan fingerprint density at radius 3 is 2.58 bits per heavy atom. The molecule has 3 rings (SSSR count). The quantitative estimate of drug-likeness (QED) is 0.642. The van der Waals surface area contributed by atoms with E-state index in [9.17, 15) is 5.11 Å². The third kappa shape index (κ3) is 4.53. The van der Waals surface area contributed by atoms with Crippen molar-refractivity contribution in [3.8, 4) is 0 Å². The Hall–Kier alpha value is -1.50. The fraction of sp³-hybridized carbons (Fsp3) is 0.500. The third-order valence-electron chi connectivity index (χ3n) is 4.43. The van der Waals surface area contributed by atoms with Crippen molar-refractivity contribution in [3.05, 3.63) is 48.0 Å². The Morgan fingerprint density at radius 1 is 1.21 bits per heavy atom. The molecule has 0 unspecified atom stereocenters. The highest BCUT2D eigenvalue weighted by Crippen LogP contribution is 2.30. The fourth-order valence-corrected chi connectivity index (χ4v) is 3.62. The summed E-state index contributed by atoms with van der Waals surface area (Å²) >= 11 is 1.66. The van der Waals surface area contributed by atoms with Gasteiger partial charge in [0.25, 0.3) is 0 Å². The fourth-order valence-electron chi connectivity index (χ4n) is 3.11. The standard InChI is InChI=1S/C18H24N4OS/c1-2-24-18-20-11-14(12-21-18)13-22-9-6-15(7-10-22)17(23)16-5-3-4-8-19-16/h3-5,8,11-12,15,17,23H,2,6-7,9-10,13H2,1H3/t17-/m1/s1. The smallest absolute Gasteiger partial charge is 0.187 e. The van der Waals surface area contributed by atoms with Gasteiger partial charge in [0.15, 0.2) is 5.16 Å². The van der Waals surface area contributed by atoms with E-state index in [1.54, 1.807) is 18.0 Å². The SMILES string of the molecule is CCSc1ncc(CN2CCC([C@@H](O)c3ccccn3)CC2)cn1. The Morgan fingerprint density at radius 2 is 1.96 bits per heavy atom. The topological polar surface area (TPSA) is 62.1 Å². The van der Waals surface area contributed by atoms with Gasteiger partial charge in [0.2, 0.25) is 0 Å². The number of thioether (sulfide) groups is 1. The highest BCUT2D eigenvalue weighted by Gasteiger charge is 2.26. The molecule has 2 aromatic rings. The first-order valence-electron chi connectivity index (χ1n) is 8.51. The van der Waals surface area contributed by atoms with Crippen LogP contribution in [0.1, 0.15) is 37.1 Å². The monoisotopic (exact) mass is 344 g/mol. The van der Waals surface area contributed by atoms with Crippen LogP contribution in [0.25, 0.3) is 0 Å².